The van der Waals surface area contributed by atoms with Gasteiger partial charge in [0, 0.05) is 23.2 Å². The second-order valence-electron chi connectivity index (χ2n) is 4.42. The van der Waals surface area contributed by atoms with E-state index in [1.165, 1.54) is 12.3 Å². The van der Waals surface area contributed by atoms with Gasteiger partial charge in [0.1, 0.15) is 5.82 Å². The van der Waals surface area contributed by atoms with Gasteiger partial charge in [0.15, 0.2) is 0 Å². The van der Waals surface area contributed by atoms with E-state index >= 15 is 0 Å². The van der Waals surface area contributed by atoms with Gasteiger partial charge in [-0.3, -0.25) is 4.98 Å². The maximum absolute atomic E-state index is 12.7. The van der Waals surface area contributed by atoms with Crippen LogP contribution in [0.25, 0.3) is 22.2 Å². The van der Waals surface area contributed by atoms with Gasteiger partial charge >= 0.3 is 6.18 Å². The molecule has 4 nitrogen and oxygen atoms in total. The number of fused-ring (bicyclic) bond motifs is 1. The monoisotopic (exact) mass is 290 g/mol. The van der Waals surface area contributed by atoms with Crippen LogP contribution in [-0.2, 0) is 6.18 Å². The predicted molar refractivity (Wildman–Crippen MR) is 72.2 cm³/mol. The molecule has 0 unspecified atom stereocenters. The molecule has 0 atom stereocenters. The summed E-state index contributed by atoms with van der Waals surface area (Å²) in [5, 5.41) is 0.806. The minimum atomic E-state index is -4.64. The van der Waals surface area contributed by atoms with E-state index in [0.717, 1.165) is 10.9 Å². The van der Waals surface area contributed by atoms with E-state index < -0.39 is 12.0 Å². The molecule has 3 aromatic rings. The molecular formula is C14H9F3N4. The lowest BCUT2D eigenvalue weighted by Crippen LogP contribution is -2.13. The number of benzene rings is 1. The number of pyridine rings is 1. The smallest absolute Gasteiger partial charge is 0.384 e. The fourth-order valence-electron chi connectivity index (χ4n) is 1.95. The van der Waals surface area contributed by atoms with Crippen molar-refractivity contribution in [2.45, 2.75) is 6.18 Å². The zero-order chi connectivity index (χ0) is 15.0. The first kappa shape index (κ1) is 13.3. The number of nitrogen functional groups attached to an aromatic ring is 1. The number of nitrogens with two attached hydrogens (primary N) is 1. The quantitative estimate of drug-likeness (QED) is 0.747. The first-order chi connectivity index (χ1) is 9.93. The molecule has 2 aromatic heterocycles. The predicted octanol–water partition coefficient (Wildman–Crippen LogP) is 3.29. The second kappa shape index (κ2) is 4.69. The van der Waals surface area contributed by atoms with Gasteiger partial charge < -0.3 is 5.73 Å². The average molecular weight is 290 g/mol. The Morgan fingerprint density at radius 2 is 1.76 bits per heavy atom. The van der Waals surface area contributed by atoms with Crippen LogP contribution in [0.3, 0.4) is 0 Å². The van der Waals surface area contributed by atoms with Crippen LogP contribution in [0.1, 0.15) is 5.82 Å². The van der Waals surface area contributed by atoms with Crippen molar-refractivity contribution in [3.8, 4) is 11.3 Å². The molecule has 3 rings (SSSR count). The van der Waals surface area contributed by atoms with Crippen LogP contribution in [0.4, 0.5) is 19.0 Å². The number of hydrogen-bond donors (Lipinski definition) is 1. The Morgan fingerprint density at radius 3 is 2.52 bits per heavy atom. The maximum Gasteiger partial charge on any atom is 0.451 e. The van der Waals surface area contributed by atoms with Crippen LogP contribution in [0.5, 0.6) is 0 Å². The fourth-order valence-corrected chi connectivity index (χ4v) is 1.95. The number of nitrogens with zero attached hydrogens (tertiary/aromatic N) is 3. The molecule has 0 bridgehead atoms. The molecule has 0 fully saturated rings. The van der Waals surface area contributed by atoms with Crippen LogP contribution in [-0.4, -0.2) is 15.0 Å². The van der Waals surface area contributed by atoms with Crippen molar-refractivity contribution in [1.29, 1.82) is 0 Å². The lowest BCUT2D eigenvalue weighted by molar-refractivity contribution is -0.144. The largest absolute Gasteiger partial charge is 0.451 e. The number of hydrogen-bond acceptors (Lipinski definition) is 4. The molecule has 0 saturated carbocycles. The summed E-state index contributed by atoms with van der Waals surface area (Å²) in [5.74, 6) is -1.49. The molecule has 0 saturated heterocycles. The third-order valence-corrected chi connectivity index (χ3v) is 2.89. The molecule has 7 heteroatoms. The van der Waals surface area contributed by atoms with Crippen molar-refractivity contribution in [2.24, 2.45) is 0 Å². The summed E-state index contributed by atoms with van der Waals surface area (Å²) in [6.45, 7) is 0. The number of rotatable bonds is 1. The van der Waals surface area contributed by atoms with E-state index in [0.29, 0.717) is 5.56 Å². The van der Waals surface area contributed by atoms with Gasteiger partial charge in [-0.1, -0.05) is 18.2 Å². The molecule has 2 N–H and O–H groups in total. The number of halogens is 3. The van der Waals surface area contributed by atoms with E-state index in [1.807, 2.05) is 24.3 Å². The van der Waals surface area contributed by atoms with Crippen LogP contribution in [0.15, 0.2) is 42.6 Å². The van der Waals surface area contributed by atoms with Crippen LogP contribution in [0, 0.1) is 0 Å². The molecule has 0 amide bonds. The number of para-hydroxylation sites is 1. The van der Waals surface area contributed by atoms with Gasteiger partial charge in [0.2, 0.25) is 5.82 Å². The molecule has 0 spiro atoms. The molecule has 0 radical (unpaired) electrons. The first-order valence-corrected chi connectivity index (χ1v) is 6.00. The van der Waals surface area contributed by atoms with E-state index in [-0.39, 0.29) is 11.5 Å². The Balaban J connectivity index is 2.16. The standard InChI is InChI=1S/C14H9F3N4/c15-14(16,17)13-20-11(6-12(18)21-13)9-5-8-3-1-2-4-10(8)19-7-9/h1-7H,(H2,18,20,21). The minimum absolute atomic E-state index is 0.0908. The van der Waals surface area contributed by atoms with Gasteiger partial charge in [0.05, 0.1) is 11.2 Å². The van der Waals surface area contributed by atoms with E-state index in [9.17, 15) is 13.2 Å². The topological polar surface area (TPSA) is 64.7 Å². The zero-order valence-electron chi connectivity index (χ0n) is 10.6. The first-order valence-electron chi connectivity index (χ1n) is 6.00. The Morgan fingerprint density at radius 1 is 1.00 bits per heavy atom. The van der Waals surface area contributed by atoms with Crippen molar-refractivity contribution >= 4 is 16.7 Å². The number of aromatic nitrogens is 3. The summed E-state index contributed by atoms with van der Waals surface area (Å²) in [6, 6.07) is 10.3. The minimum Gasteiger partial charge on any atom is -0.384 e. The average Bonchev–Trinajstić information content (AvgIpc) is 2.45. The van der Waals surface area contributed by atoms with Crippen molar-refractivity contribution in [3.63, 3.8) is 0 Å². The van der Waals surface area contributed by atoms with Crippen LogP contribution < -0.4 is 5.73 Å². The highest BCUT2D eigenvalue weighted by Gasteiger charge is 2.35. The van der Waals surface area contributed by atoms with E-state index in [1.54, 1.807) is 6.07 Å². The van der Waals surface area contributed by atoms with E-state index in [4.69, 9.17) is 5.73 Å². The summed E-state index contributed by atoms with van der Waals surface area (Å²) >= 11 is 0. The second-order valence-corrected chi connectivity index (χ2v) is 4.42. The molecule has 1 aromatic carbocycles. The molecule has 0 aliphatic heterocycles. The highest BCUT2D eigenvalue weighted by Crippen LogP contribution is 2.29. The van der Waals surface area contributed by atoms with Gasteiger partial charge in [-0.25, -0.2) is 9.97 Å². The van der Waals surface area contributed by atoms with Gasteiger partial charge in [-0.2, -0.15) is 13.2 Å². The highest BCUT2D eigenvalue weighted by atomic mass is 19.4. The van der Waals surface area contributed by atoms with E-state index in [2.05, 4.69) is 15.0 Å². The molecule has 0 aliphatic carbocycles. The molecular weight excluding hydrogens is 281 g/mol. The molecule has 2 heterocycles. The lowest BCUT2D eigenvalue weighted by Gasteiger charge is -2.08. The Kier molecular flexibility index (Phi) is 2.97. The van der Waals surface area contributed by atoms with Gasteiger partial charge in [0.25, 0.3) is 0 Å². The third-order valence-electron chi connectivity index (χ3n) is 2.89. The third kappa shape index (κ3) is 2.62. The summed E-state index contributed by atoms with van der Waals surface area (Å²) in [7, 11) is 0. The van der Waals surface area contributed by atoms with Crippen molar-refractivity contribution in [1.82, 2.24) is 15.0 Å². The number of anilines is 1. The summed E-state index contributed by atoms with van der Waals surface area (Å²) in [5.41, 5.74) is 6.73. The van der Waals surface area contributed by atoms with Crippen LogP contribution >= 0.6 is 0 Å². The molecule has 0 aliphatic rings. The summed E-state index contributed by atoms with van der Waals surface area (Å²) in [6.07, 6.45) is -3.18. The Labute approximate surface area is 117 Å². The van der Waals surface area contributed by atoms with Crippen molar-refractivity contribution in [2.75, 3.05) is 5.73 Å². The summed E-state index contributed by atoms with van der Waals surface area (Å²) < 4.78 is 38.2. The lowest BCUT2D eigenvalue weighted by atomic mass is 10.1. The van der Waals surface area contributed by atoms with Gasteiger partial charge in [-0.15, -0.1) is 0 Å². The zero-order valence-corrected chi connectivity index (χ0v) is 10.6. The normalized spacial score (nSPS) is 11.8. The fraction of sp³-hybridized carbons (Fsp3) is 0.0714. The number of alkyl halides is 3. The Hall–Kier alpha value is -2.70. The summed E-state index contributed by atoms with van der Waals surface area (Å²) in [4.78, 5) is 10.9. The van der Waals surface area contributed by atoms with Crippen LogP contribution in [0.2, 0.25) is 0 Å². The Bertz CT molecular complexity index is 815. The molecule has 106 valence electrons. The SMILES string of the molecule is Nc1cc(-c2cnc3ccccc3c2)nc(C(F)(F)F)n1. The van der Waals surface area contributed by atoms with Crippen molar-refractivity contribution < 1.29 is 13.2 Å². The van der Waals surface area contributed by atoms with Gasteiger partial charge in [-0.05, 0) is 12.1 Å². The highest BCUT2D eigenvalue weighted by molar-refractivity contribution is 5.82. The van der Waals surface area contributed by atoms with Crippen molar-refractivity contribution in [3.05, 3.63) is 48.4 Å². The molecule has 21 heavy (non-hydrogen) atoms. The maximum atomic E-state index is 12.7.